The molecule has 0 spiro atoms. The number of nitrogens with zero attached hydrogens (tertiary/aromatic N) is 4. The molecule has 104 valence electrons. The minimum absolute atomic E-state index is 0.149. The van der Waals surface area contributed by atoms with Crippen LogP contribution in [0.2, 0.25) is 0 Å². The first-order valence-electron chi connectivity index (χ1n) is 6.41. The molecular weight excluding hydrogens is 290 g/mol. The van der Waals surface area contributed by atoms with Crippen molar-refractivity contribution in [3.05, 3.63) is 35.9 Å². The van der Waals surface area contributed by atoms with Gasteiger partial charge in [-0.3, -0.25) is 9.38 Å². The number of aromatic nitrogens is 4. The molecule has 2 N–H and O–H groups in total. The van der Waals surface area contributed by atoms with Gasteiger partial charge in [-0.1, -0.05) is 6.92 Å². The highest BCUT2D eigenvalue weighted by atomic mass is 32.2. The number of fused-ring (bicyclic) bond motifs is 1. The maximum atomic E-state index is 6.11. The average Bonchev–Trinajstić information content (AvgIpc) is 3.03. The smallest absolute Gasteiger partial charge is 0.194 e. The lowest BCUT2D eigenvalue weighted by molar-refractivity contribution is 0.627. The van der Waals surface area contributed by atoms with Gasteiger partial charge in [0.15, 0.2) is 4.96 Å². The molecular formula is C13H15N5S2. The van der Waals surface area contributed by atoms with Gasteiger partial charge < -0.3 is 5.73 Å². The number of hydrogen-bond donors (Lipinski definition) is 1. The minimum atomic E-state index is 0.149. The van der Waals surface area contributed by atoms with Gasteiger partial charge >= 0.3 is 0 Å². The summed E-state index contributed by atoms with van der Waals surface area (Å²) in [7, 11) is 0. The first-order valence-corrected chi connectivity index (χ1v) is 8.11. The Balaban J connectivity index is 1.96. The Bertz CT molecular complexity index is 691. The van der Waals surface area contributed by atoms with E-state index in [4.69, 9.17) is 5.73 Å². The molecule has 1 atom stereocenters. The van der Waals surface area contributed by atoms with E-state index in [1.54, 1.807) is 41.7 Å². The second kappa shape index (κ2) is 5.90. The van der Waals surface area contributed by atoms with Gasteiger partial charge in [-0.2, -0.15) is 0 Å². The summed E-state index contributed by atoms with van der Waals surface area (Å²) in [6.45, 7) is 2.10. The fourth-order valence-corrected chi connectivity index (χ4v) is 3.56. The van der Waals surface area contributed by atoms with Crippen LogP contribution in [0, 0.1) is 0 Å². The van der Waals surface area contributed by atoms with Crippen molar-refractivity contribution < 1.29 is 0 Å². The quantitative estimate of drug-likeness (QED) is 0.784. The number of hydrogen-bond acceptors (Lipinski definition) is 6. The van der Waals surface area contributed by atoms with Gasteiger partial charge in [0.25, 0.3) is 0 Å². The van der Waals surface area contributed by atoms with Crippen LogP contribution in [0.3, 0.4) is 0 Å². The number of rotatable bonds is 5. The normalized spacial score (nSPS) is 12.9. The zero-order valence-electron chi connectivity index (χ0n) is 11.1. The molecule has 0 saturated carbocycles. The Morgan fingerprint density at radius 3 is 3.10 bits per heavy atom. The molecule has 0 bridgehead atoms. The highest BCUT2D eigenvalue weighted by Crippen LogP contribution is 2.31. The van der Waals surface area contributed by atoms with Crippen molar-refractivity contribution >= 4 is 28.1 Å². The van der Waals surface area contributed by atoms with E-state index in [1.165, 1.54) is 0 Å². The Morgan fingerprint density at radius 2 is 2.35 bits per heavy atom. The molecule has 3 rings (SSSR count). The van der Waals surface area contributed by atoms with E-state index in [-0.39, 0.29) is 6.04 Å². The zero-order chi connectivity index (χ0) is 13.9. The van der Waals surface area contributed by atoms with E-state index in [0.717, 1.165) is 33.5 Å². The van der Waals surface area contributed by atoms with Crippen molar-refractivity contribution in [2.24, 2.45) is 5.73 Å². The molecule has 3 aromatic heterocycles. The van der Waals surface area contributed by atoms with Crippen molar-refractivity contribution in [1.29, 1.82) is 0 Å². The standard InChI is InChI=1S/C13H15N5S2/c1-2-9(14)7-10-12(17-13-18(10)5-6-19-13)20-11-8-15-3-4-16-11/h3-6,8-9H,2,7,14H2,1H3. The van der Waals surface area contributed by atoms with E-state index >= 15 is 0 Å². The van der Waals surface area contributed by atoms with Crippen molar-refractivity contribution in [3.63, 3.8) is 0 Å². The molecule has 0 aromatic carbocycles. The summed E-state index contributed by atoms with van der Waals surface area (Å²) in [6.07, 6.45) is 8.93. The lowest BCUT2D eigenvalue weighted by atomic mass is 10.1. The van der Waals surface area contributed by atoms with Crippen LogP contribution in [0.15, 0.2) is 40.2 Å². The lowest BCUT2D eigenvalue weighted by Crippen LogP contribution is -2.22. The second-order valence-corrected chi connectivity index (χ2v) is 6.32. The number of thiazole rings is 1. The van der Waals surface area contributed by atoms with Crippen LogP contribution >= 0.6 is 23.1 Å². The van der Waals surface area contributed by atoms with Crippen LogP contribution in [0.4, 0.5) is 0 Å². The zero-order valence-corrected chi connectivity index (χ0v) is 12.7. The molecule has 0 fully saturated rings. The molecule has 5 nitrogen and oxygen atoms in total. The maximum absolute atomic E-state index is 6.11. The Hall–Kier alpha value is -1.44. The van der Waals surface area contributed by atoms with E-state index < -0.39 is 0 Å². The van der Waals surface area contributed by atoms with Crippen LogP contribution in [0.5, 0.6) is 0 Å². The van der Waals surface area contributed by atoms with Gasteiger partial charge in [0.1, 0.15) is 10.1 Å². The van der Waals surface area contributed by atoms with Crippen molar-refractivity contribution in [3.8, 4) is 0 Å². The maximum Gasteiger partial charge on any atom is 0.194 e. The average molecular weight is 305 g/mol. The predicted octanol–water partition coefficient (Wildman–Crippen LogP) is 2.62. The highest BCUT2D eigenvalue weighted by Gasteiger charge is 2.17. The molecule has 0 saturated heterocycles. The van der Waals surface area contributed by atoms with Gasteiger partial charge in [-0.25, -0.2) is 9.97 Å². The number of imidazole rings is 1. The minimum Gasteiger partial charge on any atom is -0.327 e. The molecule has 0 amide bonds. The van der Waals surface area contributed by atoms with Crippen LogP contribution in [0.25, 0.3) is 4.96 Å². The van der Waals surface area contributed by atoms with Gasteiger partial charge in [0.2, 0.25) is 0 Å². The molecule has 20 heavy (non-hydrogen) atoms. The highest BCUT2D eigenvalue weighted by molar-refractivity contribution is 7.99. The fourth-order valence-electron chi connectivity index (χ4n) is 1.91. The Kier molecular flexibility index (Phi) is 4.00. The molecule has 1 unspecified atom stereocenters. The first-order chi connectivity index (χ1) is 9.78. The summed E-state index contributed by atoms with van der Waals surface area (Å²) >= 11 is 3.17. The SMILES string of the molecule is CCC(N)Cc1c(Sc2cnccn2)nc2sccn12. The van der Waals surface area contributed by atoms with Crippen LogP contribution in [0.1, 0.15) is 19.0 Å². The first kappa shape index (κ1) is 13.5. The van der Waals surface area contributed by atoms with Crippen molar-refractivity contribution in [2.45, 2.75) is 35.9 Å². The molecule has 0 aliphatic heterocycles. The third-order valence-electron chi connectivity index (χ3n) is 3.04. The molecule has 0 aliphatic carbocycles. The van der Waals surface area contributed by atoms with E-state index in [9.17, 15) is 0 Å². The van der Waals surface area contributed by atoms with Gasteiger partial charge in [0.05, 0.1) is 11.9 Å². The monoisotopic (exact) mass is 305 g/mol. The van der Waals surface area contributed by atoms with E-state index in [0.29, 0.717) is 0 Å². The number of nitrogens with two attached hydrogens (primary N) is 1. The Morgan fingerprint density at radius 1 is 1.45 bits per heavy atom. The molecule has 3 heterocycles. The fraction of sp³-hybridized carbons (Fsp3) is 0.308. The second-order valence-electron chi connectivity index (χ2n) is 4.44. The lowest BCUT2D eigenvalue weighted by Gasteiger charge is -2.09. The molecule has 0 radical (unpaired) electrons. The summed E-state index contributed by atoms with van der Waals surface area (Å²) in [6, 6.07) is 0.149. The summed E-state index contributed by atoms with van der Waals surface area (Å²) in [5, 5.41) is 3.87. The molecule has 3 aromatic rings. The van der Waals surface area contributed by atoms with Gasteiger partial charge in [0, 0.05) is 36.4 Å². The summed E-state index contributed by atoms with van der Waals surface area (Å²) < 4.78 is 2.12. The largest absolute Gasteiger partial charge is 0.327 e. The van der Waals surface area contributed by atoms with Gasteiger partial charge in [-0.05, 0) is 18.2 Å². The van der Waals surface area contributed by atoms with Crippen molar-refractivity contribution in [2.75, 3.05) is 0 Å². The van der Waals surface area contributed by atoms with Crippen LogP contribution < -0.4 is 5.73 Å². The van der Waals surface area contributed by atoms with Crippen LogP contribution in [-0.2, 0) is 6.42 Å². The third kappa shape index (κ3) is 2.70. The van der Waals surface area contributed by atoms with E-state index in [2.05, 4.69) is 26.3 Å². The summed E-state index contributed by atoms with van der Waals surface area (Å²) in [5.74, 6) is 0. The van der Waals surface area contributed by atoms with E-state index in [1.807, 2.05) is 11.6 Å². The summed E-state index contributed by atoms with van der Waals surface area (Å²) in [5.41, 5.74) is 7.27. The summed E-state index contributed by atoms with van der Waals surface area (Å²) in [4.78, 5) is 14.1. The van der Waals surface area contributed by atoms with Crippen LogP contribution in [-0.4, -0.2) is 25.4 Å². The third-order valence-corrected chi connectivity index (χ3v) is 4.74. The molecule has 7 heteroatoms. The van der Waals surface area contributed by atoms with Gasteiger partial charge in [-0.15, -0.1) is 11.3 Å². The predicted molar refractivity (Wildman–Crippen MR) is 81.2 cm³/mol. The molecule has 0 aliphatic rings. The van der Waals surface area contributed by atoms with Crippen molar-refractivity contribution in [1.82, 2.24) is 19.4 Å². The topological polar surface area (TPSA) is 69.1 Å². The Labute approximate surface area is 125 Å².